The molecule has 1 heterocycles. The molecular formula is C13H13N3O2. The Kier molecular flexibility index (Phi) is 2.40. The summed E-state index contributed by atoms with van der Waals surface area (Å²) in [5.41, 5.74) is 1.08. The van der Waals surface area contributed by atoms with E-state index >= 15 is 0 Å². The number of aryl methyl sites for hydroxylation is 1. The molecule has 3 rings (SSSR count). The quantitative estimate of drug-likeness (QED) is 0.898. The van der Waals surface area contributed by atoms with Crippen LogP contribution in [-0.4, -0.2) is 25.8 Å². The first-order valence-electron chi connectivity index (χ1n) is 5.92. The van der Waals surface area contributed by atoms with Crippen LogP contribution in [-0.2, 0) is 0 Å². The number of aromatic carboxylic acids is 1. The predicted molar refractivity (Wildman–Crippen MR) is 65.4 cm³/mol. The van der Waals surface area contributed by atoms with E-state index in [9.17, 15) is 4.79 Å². The Morgan fingerprint density at radius 3 is 2.83 bits per heavy atom. The number of carbonyl (C=O) groups is 1. The number of nitrogens with zero attached hydrogens (tertiary/aromatic N) is 3. The summed E-state index contributed by atoms with van der Waals surface area (Å²) in [6.45, 7) is 1.93. The lowest BCUT2D eigenvalue weighted by Gasteiger charge is -2.07. The monoisotopic (exact) mass is 243 g/mol. The number of rotatable bonds is 3. The molecule has 0 amide bonds. The van der Waals surface area contributed by atoms with Gasteiger partial charge in [-0.15, -0.1) is 10.2 Å². The van der Waals surface area contributed by atoms with E-state index < -0.39 is 5.97 Å². The zero-order valence-electron chi connectivity index (χ0n) is 10.00. The van der Waals surface area contributed by atoms with Gasteiger partial charge in [-0.1, -0.05) is 12.1 Å². The van der Waals surface area contributed by atoms with Crippen molar-refractivity contribution >= 4 is 5.97 Å². The highest BCUT2D eigenvalue weighted by Gasteiger charge is 2.28. The van der Waals surface area contributed by atoms with Gasteiger partial charge in [0.2, 0.25) is 0 Å². The molecule has 1 fully saturated rings. The second-order valence-corrected chi connectivity index (χ2v) is 4.56. The number of benzene rings is 1. The first-order valence-corrected chi connectivity index (χ1v) is 5.92. The van der Waals surface area contributed by atoms with Crippen molar-refractivity contribution in [2.75, 3.05) is 0 Å². The topological polar surface area (TPSA) is 68.0 Å². The lowest BCUT2D eigenvalue weighted by atomic mass is 10.1. The van der Waals surface area contributed by atoms with Crippen molar-refractivity contribution in [1.29, 1.82) is 0 Å². The van der Waals surface area contributed by atoms with E-state index in [0.717, 1.165) is 30.1 Å². The van der Waals surface area contributed by atoms with E-state index in [1.54, 1.807) is 18.2 Å². The van der Waals surface area contributed by atoms with Crippen molar-refractivity contribution in [3.63, 3.8) is 0 Å². The Balaban J connectivity index is 2.09. The molecule has 0 spiro atoms. The van der Waals surface area contributed by atoms with Crippen molar-refractivity contribution in [3.05, 3.63) is 35.7 Å². The molecule has 1 N–H and O–H groups in total. The summed E-state index contributed by atoms with van der Waals surface area (Å²) in [5, 5.41) is 17.3. The standard InChI is InChI=1S/C13H13N3O2/c1-8-14-15-12(16(8)11-5-6-11)9-3-2-4-10(7-9)13(17)18/h2-4,7,11H,5-6H2,1H3,(H,17,18). The number of aromatic nitrogens is 3. The minimum absolute atomic E-state index is 0.274. The molecule has 5 nitrogen and oxygen atoms in total. The van der Waals surface area contributed by atoms with Crippen LogP contribution in [0.5, 0.6) is 0 Å². The van der Waals surface area contributed by atoms with E-state index in [1.807, 2.05) is 13.0 Å². The first kappa shape index (κ1) is 11.0. The van der Waals surface area contributed by atoms with Crippen molar-refractivity contribution in [2.45, 2.75) is 25.8 Å². The maximum atomic E-state index is 11.0. The van der Waals surface area contributed by atoms with Gasteiger partial charge >= 0.3 is 5.97 Å². The Morgan fingerprint density at radius 2 is 2.17 bits per heavy atom. The molecular weight excluding hydrogens is 230 g/mol. The summed E-state index contributed by atoms with van der Waals surface area (Å²) in [6, 6.07) is 7.30. The molecule has 1 saturated carbocycles. The number of hydrogen-bond donors (Lipinski definition) is 1. The van der Waals surface area contributed by atoms with Crippen molar-refractivity contribution in [2.24, 2.45) is 0 Å². The molecule has 0 aliphatic heterocycles. The molecule has 0 saturated heterocycles. The van der Waals surface area contributed by atoms with E-state index in [4.69, 9.17) is 5.11 Å². The zero-order valence-corrected chi connectivity index (χ0v) is 10.00. The summed E-state index contributed by atoms with van der Waals surface area (Å²) < 4.78 is 2.10. The van der Waals surface area contributed by atoms with Gasteiger partial charge in [0.25, 0.3) is 0 Å². The highest BCUT2D eigenvalue weighted by Crippen LogP contribution is 2.38. The summed E-state index contributed by atoms with van der Waals surface area (Å²) in [4.78, 5) is 11.0. The largest absolute Gasteiger partial charge is 0.478 e. The van der Waals surface area contributed by atoms with Crippen molar-refractivity contribution < 1.29 is 9.90 Å². The van der Waals surface area contributed by atoms with Gasteiger partial charge in [-0.25, -0.2) is 4.79 Å². The van der Waals surface area contributed by atoms with Crippen LogP contribution in [0.15, 0.2) is 24.3 Å². The van der Waals surface area contributed by atoms with Gasteiger partial charge in [-0.3, -0.25) is 0 Å². The van der Waals surface area contributed by atoms with Crippen LogP contribution in [0.1, 0.15) is 35.1 Å². The minimum atomic E-state index is -0.925. The third-order valence-corrected chi connectivity index (χ3v) is 3.15. The Morgan fingerprint density at radius 1 is 1.39 bits per heavy atom. The molecule has 0 radical (unpaired) electrons. The molecule has 1 aliphatic rings. The van der Waals surface area contributed by atoms with Gasteiger partial charge < -0.3 is 9.67 Å². The molecule has 18 heavy (non-hydrogen) atoms. The second-order valence-electron chi connectivity index (χ2n) is 4.56. The van der Waals surface area contributed by atoms with E-state index in [-0.39, 0.29) is 5.56 Å². The highest BCUT2D eigenvalue weighted by molar-refractivity contribution is 5.89. The normalized spacial score (nSPS) is 14.7. The van der Waals surface area contributed by atoms with Gasteiger partial charge in [0, 0.05) is 11.6 Å². The average Bonchev–Trinajstić information content (AvgIpc) is 3.12. The minimum Gasteiger partial charge on any atom is -0.478 e. The van der Waals surface area contributed by atoms with Crippen LogP contribution < -0.4 is 0 Å². The number of carboxylic acids is 1. The van der Waals surface area contributed by atoms with Gasteiger partial charge in [0.1, 0.15) is 5.82 Å². The maximum absolute atomic E-state index is 11.0. The third kappa shape index (κ3) is 1.77. The van der Waals surface area contributed by atoms with Gasteiger partial charge in [0.15, 0.2) is 5.82 Å². The van der Waals surface area contributed by atoms with Crippen LogP contribution in [0, 0.1) is 6.92 Å². The van der Waals surface area contributed by atoms with Gasteiger partial charge in [-0.05, 0) is 31.9 Å². The lowest BCUT2D eigenvalue weighted by molar-refractivity contribution is 0.0697. The SMILES string of the molecule is Cc1nnc(-c2cccc(C(=O)O)c2)n1C1CC1. The van der Waals surface area contributed by atoms with Crippen LogP contribution in [0.4, 0.5) is 0 Å². The maximum Gasteiger partial charge on any atom is 0.335 e. The molecule has 1 aliphatic carbocycles. The summed E-state index contributed by atoms with van der Waals surface area (Å²) in [7, 11) is 0. The number of hydrogen-bond acceptors (Lipinski definition) is 3. The summed E-state index contributed by atoms with van der Waals surface area (Å²) >= 11 is 0. The summed E-state index contributed by atoms with van der Waals surface area (Å²) in [6.07, 6.45) is 2.29. The van der Waals surface area contributed by atoms with Crippen LogP contribution in [0.3, 0.4) is 0 Å². The first-order chi connectivity index (χ1) is 8.66. The Labute approximate surface area is 104 Å². The van der Waals surface area contributed by atoms with Crippen LogP contribution >= 0.6 is 0 Å². The van der Waals surface area contributed by atoms with Crippen LogP contribution in [0.2, 0.25) is 0 Å². The molecule has 2 aromatic rings. The fraction of sp³-hybridized carbons (Fsp3) is 0.308. The van der Waals surface area contributed by atoms with E-state index in [1.165, 1.54) is 0 Å². The molecule has 1 aromatic carbocycles. The molecule has 1 aromatic heterocycles. The Hall–Kier alpha value is -2.17. The van der Waals surface area contributed by atoms with Gasteiger partial charge in [-0.2, -0.15) is 0 Å². The molecule has 0 unspecified atom stereocenters. The fourth-order valence-electron chi connectivity index (χ4n) is 2.13. The fourth-order valence-corrected chi connectivity index (χ4v) is 2.13. The average molecular weight is 243 g/mol. The molecule has 92 valence electrons. The van der Waals surface area contributed by atoms with Gasteiger partial charge in [0.05, 0.1) is 5.56 Å². The Bertz CT molecular complexity index is 614. The molecule has 5 heteroatoms. The van der Waals surface area contributed by atoms with E-state index in [0.29, 0.717) is 6.04 Å². The highest BCUT2D eigenvalue weighted by atomic mass is 16.4. The summed E-state index contributed by atoms with van der Waals surface area (Å²) in [5.74, 6) is 0.720. The second kappa shape index (κ2) is 3.94. The smallest absolute Gasteiger partial charge is 0.335 e. The van der Waals surface area contributed by atoms with E-state index in [2.05, 4.69) is 14.8 Å². The third-order valence-electron chi connectivity index (χ3n) is 3.15. The van der Waals surface area contributed by atoms with Crippen molar-refractivity contribution in [1.82, 2.24) is 14.8 Å². The van der Waals surface area contributed by atoms with Crippen LogP contribution in [0.25, 0.3) is 11.4 Å². The predicted octanol–water partition coefficient (Wildman–Crippen LogP) is 2.29. The molecule has 0 atom stereocenters. The lowest BCUT2D eigenvalue weighted by Crippen LogP contribution is -2.01. The van der Waals surface area contributed by atoms with Crippen molar-refractivity contribution in [3.8, 4) is 11.4 Å². The number of carboxylic acid groups (broad SMARTS) is 1. The molecule has 0 bridgehead atoms. The zero-order chi connectivity index (χ0) is 12.7.